The van der Waals surface area contributed by atoms with E-state index in [0.717, 1.165) is 16.9 Å². The van der Waals surface area contributed by atoms with Gasteiger partial charge in [-0.15, -0.1) is 0 Å². The number of hydrogen-bond acceptors (Lipinski definition) is 5. The van der Waals surface area contributed by atoms with E-state index in [1.807, 2.05) is 25.1 Å². The first-order valence-corrected chi connectivity index (χ1v) is 7.19. The maximum atomic E-state index is 9.71. The quantitative estimate of drug-likeness (QED) is 0.476. The van der Waals surface area contributed by atoms with Gasteiger partial charge in [-0.05, 0) is 30.7 Å². The Morgan fingerprint density at radius 2 is 2.19 bits per heavy atom. The second-order valence-corrected chi connectivity index (χ2v) is 5.03. The predicted octanol–water partition coefficient (Wildman–Crippen LogP) is 2.81. The molecule has 2 rings (SSSR count). The monoisotopic (exact) mass is 293 g/mol. The molecule has 1 aromatic carbocycles. The van der Waals surface area contributed by atoms with Crippen molar-refractivity contribution in [3.05, 3.63) is 36.0 Å². The normalized spacial score (nSPS) is 18.8. The van der Waals surface area contributed by atoms with Crippen LogP contribution in [0, 0.1) is 0 Å². The zero-order valence-electron chi connectivity index (χ0n) is 12.8. The summed E-state index contributed by atoms with van der Waals surface area (Å²) >= 11 is 0. The lowest BCUT2D eigenvalue weighted by Crippen LogP contribution is -2.25. The average molecular weight is 293 g/mol. The van der Waals surface area contributed by atoms with Crippen molar-refractivity contribution in [3.63, 3.8) is 0 Å². The minimum absolute atomic E-state index is 0.213. The lowest BCUT2D eigenvalue weighted by atomic mass is 10.0. The molecule has 1 aromatic rings. The molecular formula is C16H23NO4. The standard InChI is InChI=1S/C16H23NO4/c1-5-20-16(18)8-9-17-12(3)11(2)14-10-13(21-19-4)6-7-15(14)17/h6-7,10-11,16,18H,3,5,8-9H2,1-2,4H3. The van der Waals surface area contributed by atoms with Crippen LogP contribution in [0.5, 0.6) is 5.75 Å². The fraction of sp³-hybridized carbons (Fsp3) is 0.500. The van der Waals surface area contributed by atoms with Crippen LogP contribution < -0.4 is 9.79 Å². The van der Waals surface area contributed by atoms with E-state index in [2.05, 4.69) is 18.4 Å². The summed E-state index contributed by atoms with van der Waals surface area (Å²) in [6.07, 6.45) is -0.201. The Kier molecular flexibility index (Phi) is 5.22. The minimum Gasteiger partial charge on any atom is -0.368 e. The highest BCUT2D eigenvalue weighted by Gasteiger charge is 2.30. The lowest BCUT2D eigenvalue weighted by Gasteiger charge is -2.23. The summed E-state index contributed by atoms with van der Waals surface area (Å²) in [5, 5.41) is 9.71. The number of aliphatic hydroxyl groups excluding tert-OH is 1. The van der Waals surface area contributed by atoms with Gasteiger partial charge in [0.25, 0.3) is 0 Å². The van der Waals surface area contributed by atoms with E-state index in [9.17, 15) is 5.11 Å². The molecule has 0 aromatic heterocycles. The molecule has 0 spiro atoms. The number of allylic oxidation sites excluding steroid dienone is 1. The van der Waals surface area contributed by atoms with Crippen LogP contribution >= 0.6 is 0 Å². The number of fused-ring (bicyclic) bond motifs is 1. The smallest absolute Gasteiger partial charge is 0.165 e. The number of rotatable bonds is 7. The van der Waals surface area contributed by atoms with Crippen LogP contribution in [0.1, 0.15) is 31.7 Å². The molecule has 0 radical (unpaired) electrons. The second-order valence-electron chi connectivity index (χ2n) is 5.03. The van der Waals surface area contributed by atoms with E-state index >= 15 is 0 Å². The molecule has 21 heavy (non-hydrogen) atoms. The van der Waals surface area contributed by atoms with Crippen LogP contribution in [0.25, 0.3) is 0 Å². The van der Waals surface area contributed by atoms with Crippen molar-refractivity contribution in [2.45, 2.75) is 32.5 Å². The van der Waals surface area contributed by atoms with Crippen molar-refractivity contribution in [2.75, 3.05) is 25.2 Å². The Labute approximate surface area is 125 Å². The number of benzene rings is 1. The molecular weight excluding hydrogens is 270 g/mol. The number of anilines is 1. The highest BCUT2D eigenvalue weighted by Crippen LogP contribution is 2.44. The van der Waals surface area contributed by atoms with Crippen LogP contribution in [-0.4, -0.2) is 31.7 Å². The zero-order valence-corrected chi connectivity index (χ0v) is 12.8. The fourth-order valence-electron chi connectivity index (χ4n) is 2.62. The van der Waals surface area contributed by atoms with Gasteiger partial charge in [0.15, 0.2) is 12.0 Å². The van der Waals surface area contributed by atoms with Crippen molar-refractivity contribution < 1.29 is 19.6 Å². The van der Waals surface area contributed by atoms with Crippen LogP contribution in [0.4, 0.5) is 5.69 Å². The average Bonchev–Trinajstić information content (AvgIpc) is 2.70. The third kappa shape index (κ3) is 3.37. The van der Waals surface area contributed by atoms with E-state index < -0.39 is 6.29 Å². The Hall–Kier alpha value is -1.56. The largest absolute Gasteiger partial charge is 0.368 e. The van der Waals surface area contributed by atoms with Gasteiger partial charge in [0.1, 0.15) is 0 Å². The van der Waals surface area contributed by atoms with Crippen molar-refractivity contribution in [3.8, 4) is 5.75 Å². The van der Waals surface area contributed by atoms with E-state index in [1.165, 1.54) is 7.11 Å². The Morgan fingerprint density at radius 1 is 1.43 bits per heavy atom. The number of ether oxygens (including phenoxy) is 1. The molecule has 0 bridgehead atoms. The Balaban J connectivity index is 2.13. The molecule has 0 amide bonds. The first-order valence-electron chi connectivity index (χ1n) is 7.19. The Morgan fingerprint density at radius 3 is 2.86 bits per heavy atom. The number of hydrogen-bond donors (Lipinski definition) is 1. The summed E-state index contributed by atoms with van der Waals surface area (Å²) in [5.41, 5.74) is 3.27. The van der Waals surface area contributed by atoms with Gasteiger partial charge in [0.2, 0.25) is 0 Å². The summed E-state index contributed by atoms with van der Waals surface area (Å²) < 4.78 is 5.17. The van der Waals surface area contributed by atoms with E-state index in [4.69, 9.17) is 14.5 Å². The van der Waals surface area contributed by atoms with E-state index in [1.54, 1.807) is 0 Å². The van der Waals surface area contributed by atoms with Crippen molar-refractivity contribution in [1.29, 1.82) is 0 Å². The van der Waals surface area contributed by atoms with E-state index in [0.29, 0.717) is 25.3 Å². The van der Waals surface area contributed by atoms with Crippen LogP contribution in [-0.2, 0) is 9.62 Å². The summed E-state index contributed by atoms with van der Waals surface area (Å²) in [6.45, 7) is 9.31. The molecule has 116 valence electrons. The second kappa shape index (κ2) is 6.93. The first-order chi connectivity index (χ1) is 10.1. The summed E-state index contributed by atoms with van der Waals surface area (Å²) in [7, 11) is 1.48. The summed E-state index contributed by atoms with van der Waals surface area (Å²) in [6, 6.07) is 5.82. The molecule has 0 aliphatic carbocycles. The lowest BCUT2D eigenvalue weighted by molar-refractivity contribution is -0.178. The highest BCUT2D eigenvalue weighted by molar-refractivity contribution is 5.68. The van der Waals surface area contributed by atoms with Crippen LogP contribution in [0.3, 0.4) is 0 Å². The molecule has 1 N–H and O–H groups in total. The molecule has 2 atom stereocenters. The van der Waals surface area contributed by atoms with Crippen LogP contribution in [0.15, 0.2) is 30.5 Å². The number of aliphatic hydroxyl groups is 1. The molecule has 1 aliphatic rings. The molecule has 5 nitrogen and oxygen atoms in total. The summed E-state index contributed by atoms with van der Waals surface area (Å²) in [5.74, 6) is 0.886. The minimum atomic E-state index is -0.738. The molecule has 5 heteroatoms. The van der Waals surface area contributed by atoms with E-state index in [-0.39, 0.29) is 5.92 Å². The van der Waals surface area contributed by atoms with Gasteiger partial charge in [-0.3, -0.25) is 0 Å². The van der Waals surface area contributed by atoms with Gasteiger partial charge >= 0.3 is 0 Å². The highest BCUT2D eigenvalue weighted by atomic mass is 17.2. The molecule has 0 saturated carbocycles. The predicted molar refractivity (Wildman–Crippen MR) is 81.2 cm³/mol. The van der Waals surface area contributed by atoms with Gasteiger partial charge < -0.3 is 19.6 Å². The Bertz CT molecular complexity index is 503. The summed E-state index contributed by atoms with van der Waals surface area (Å²) in [4.78, 5) is 11.9. The number of nitrogens with zero attached hydrogens (tertiary/aromatic N) is 1. The van der Waals surface area contributed by atoms with Gasteiger partial charge in [-0.25, -0.2) is 0 Å². The van der Waals surface area contributed by atoms with Crippen molar-refractivity contribution >= 4 is 5.69 Å². The van der Waals surface area contributed by atoms with Crippen LogP contribution in [0.2, 0.25) is 0 Å². The maximum absolute atomic E-state index is 9.71. The maximum Gasteiger partial charge on any atom is 0.165 e. The molecule has 2 unspecified atom stereocenters. The third-order valence-corrected chi connectivity index (χ3v) is 3.74. The molecule has 0 saturated heterocycles. The SMILES string of the molecule is C=C1C(C)c2cc(OOC)ccc2N1CCC(O)OCC. The third-order valence-electron chi connectivity index (χ3n) is 3.74. The fourth-order valence-corrected chi connectivity index (χ4v) is 2.62. The van der Waals surface area contributed by atoms with Gasteiger partial charge in [0, 0.05) is 36.9 Å². The molecule has 1 heterocycles. The van der Waals surface area contributed by atoms with Gasteiger partial charge in [0.05, 0.1) is 7.11 Å². The topological polar surface area (TPSA) is 51.2 Å². The van der Waals surface area contributed by atoms with Crippen molar-refractivity contribution in [1.82, 2.24) is 0 Å². The van der Waals surface area contributed by atoms with Crippen molar-refractivity contribution in [2.24, 2.45) is 0 Å². The zero-order chi connectivity index (χ0) is 15.4. The molecule has 0 fully saturated rings. The van der Waals surface area contributed by atoms with Gasteiger partial charge in [-0.1, -0.05) is 13.5 Å². The van der Waals surface area contributed by atoms with Gasteiger partial charge in [-0.2, -0.15) is 4.89 Å². The first kappa shape index (κ1) is 15.8. The molecule has 1 aliphatic heterocycles.